The molecule has 3 heterocycles. The molecule has 1 atom stereocenters. The molecule has 0 bridgehead atoms. The molecule has 0 aliphatic carbocycles. The third kappa shape index (κ3) is 4.29. The summed E-state index contributed by atoms with van der Waals surface area (Å²) in [6, 6.07) is 8.93. The van der Waals surface area contributed by atoms with Crippen molar-refractivity contribution in [3.8, 4) is 0 Å². The number of rotatable bonds is 6. The average molecular weight is 413 g/mol. The largest absolute Gasteiger partial charge is 0.338 e. The van der Waals surface area contributed by atoms with Crippen molar-refractivity contribution in [2.45, 2.75) is 56.1 Å². The van der Waals surface area contributed by atoms with Gasteiger partial charge in [-0.2, -0.15) is 0 Å². The second kappa shape index (κ2) is 8.95. The van der Waals surface area contributed by atoms with Gasteiger partial charge in [-0.15, -0.1) is 0 Å². The number of carbonyl (C=O) groups is 1. The molecule has 0 radical (unpaired) electrons. The first-order chi connectivity index (χ1) is 14.2. The summed E-state index contributed by atoms with van der Waals surface area (Å²) in [5, 5.41) is 0.717. The van der Waals surface area contributed by atoms with Crippen LogP contribution in [0, 0.1) is 5.82 Å². The Balaban J connectivity index is 1.59. The van der Waals surface area contributed by atoms with Crippen LogP contribution in [0.15, 0.2) is 47.9 Å². The summed E-state index contributed by atoms with van der Waals surface area (Å²) < 4.78 is 15.9. The monoisotopic (exact) mass is 412 g/mol. The second-order valence-corrected chi connectivity index (χ2v) is 8.31. The van der Waals surface area contributed by atoms with Crippen molar-refractivity contribution in [2.75, 3.05) is 6.54 Å². The predicted octanol–water partition coefficient (Wildman–Crippen LogP) is 4.65. The van der Waals surface area contributed by atoms with E-state index in [0.29, 0.717) is 17.4 Å². The van der Waals surface area contributed by atoms with E-state index in [0.717, 1.165) is 42.0 Å². The second-order valence-electron chi connectivity index (χ2n) is 7.37. The van der Waals surface area contributed by atoms with Gasteiger partial charge in [-0.05, 0) is 43.4 Å². The molecule has 1 aliphatic rings. The fourth-order valence-corrected chi connectivity index (χ4v) is 4.95. The van der Waals surface area contributed by atoms with Gasteiger partial charge >= 0.3 is 0 Å². The fourth-order valence-electron chi connectivity index (χ4n) is 3.95. The van der Waals surface area contributed by atoms with Gasteiger partial charge in [-0.1, -0.05) is 36.9 Å². The lowest BCUT2D eigenvalue weighted by Gasteiger charge is -2.35. The first-order valence-electron chi connectivity index (χ1n) is 10.1. The van der Waals surface area contributed by atoms with E-state index in [1.54, 1.807) is 24.5 Å². The summed E-state index contributed by atoms with van der Waals surface area (Å²) in [4.78, 5) is 24.1. The van der Waals surface area contributed by atoms with E-state index < -0.39 is 0 Å². The van der Waals surface area contributed by atoms with Crippen LogP contribution in [0.1, 0.15) is 38.2 Å². The number of hydrogen-bond donors (Lipinski definition) is 0. The van der Waals surface area contributed by atoms with Crippen molar-refractivity contribution < 1.29 is 9.18 Å². The first kappa shape index (κ1) is 19.9. The Morgan fingerprint density at radius 2 is 2.14 bits per heavy atom. The summed E-state index contributed by atoms with van der Waals surface area (Å²) >= 11 is 1.45. The minimum Gasteiger partial charge on any atom is -0.338 e. The SMILES string of the molecule is CC[C@@H]1CCCCN1C(=O)Cn1c(SCc2ccccc2F)nc2ccncc21. The minimum atomic E-state index is -0.223. The molecule has 3 aromatic rings. The molecule has 5 nitrogen and oxygen atoms in total. The number of fused-ring (bicyclic) bond motifs is 1. The number of nitrogens with zero attached hydrogens (tertiary/aromatic N) is 4. The van der Waals surface area contributed by atoms with Crippen molar-refractivity contribution >= 4 is 28.7 Å². The number of pyridine rings is 1. The number of hydrogen-bond acceptors (Lipinski definition) is 4. The Labute approximate surface area is 174 Å². The lowest BCUT2D eigenvalue weighted by Crippen LogP contribution is -2.44. The van der Waals surface area contributed by atoms with Crippen LogP contribution in [0.25, 0.3) is 11.0 Å². The summed E-state index contributed by atoms with van der Waals surface area (Å²) in [6.45, 7) is 3.20. The number of thioether (sulfide) groups is 1. The van der Waals surface area contributed by atoms with Crippen LogP contribution in [0.3, 0.4) is 0 Å². The van der Waals surface area contributed by atoms with Gasteiger partial charge in [0.05, 0.1) is 17.2 Å². The van der Waals surface area contributed by atoms with E-state index in [-0.39, 0.29) is 18.3 Å². The third-order valence-corrected chi connectivity index (χ3v) is 6.57. The number of benzene rings is 1. The van der Waals surface area contributed by atoms with Gasteiger partial charge in [0.2, 0.25) is 5.91 Å². The van der Waals surface area contributed by atoms with Gasteiger partial charge in [-0.3, -0.25) is 9.78 Å². The highest BCUT2D eigenvalue weighted by atomic mass is 32.2. The van der Waals surface area contributed by atoms with Crippen molar-refractivity contribution in [1.82, 2.24) is 19.4 Å². The lowest BCUT2D eigenvalue weighted by molar-refractivity contribution is -0.135. The molecular formula is C22H25FN4OS. The summed E-state index contributed by atoms with van der Waals surface area (Å²) in [5.74, 6) is 0.353. The van der Waals surface area contributed by atoms with Gasteiger partial charge in [0.25, 0.3) is 0 Å². The molecule has 1 amide bonds. The van der Waals surface area contributed by atoms with Crippen LogP contribution in [0.4, 0.5) is 4.39 Å². The molecule has 0 spiro atoms. The zero-order valence-corrected chi connectivity index (χ0v) is 17.4. The fraction of sp³-hybridized carbons (Fsp3) is 0.409. The van der Waals surface area contributed by atoms with Crippen LogP contribution in [-0.4, -0.2) is 37.9 Å². The molecule has 1 saturated heterocycles. The zero-order chi connectivity index (χ0) is 20.2. The van der Waals surface area contributed by atoms with Crippen molar-refractivity contribution in [1.29, 1.82) is 0 Å². The number of aromatic nitrogens is 3. The van der Waals surface area contributed by atoms with Crippen LogP contribution in [0.5, 0.6) is 0 Å². The Hall–Kier alpha value is -2.41. The van der Waals surface area contributed by atoms with E-state index in [2.05, 4.69) is 16.9 Å². The van der Waals surface area contributed by atoms with Crippen LogP contribution in [-0.2, 0) is 17.1 Å². The van der Waals surface area contributed by atoms with Gasteiger partial charge in [0, 0.05) is 24.5 Å². The Kier molecular flexibility index (Phi) is 6.13. The molecule has 0 unspecified atom stereocenters. The number of amides is 1. The molecule has 2 aromatic heterocycles. The van der Waals surface area contributed by atoms with E-state index in [9.17, 15) is 9.18 Å². The molecule has 1 aromatic carbocycles. The molecule has 1 fully saturated rings. The minimum absolute atomic E-state index is 0.118. The predicted molar refractivity (Wildman–Crippen MR) is 113 cm³/mol. The van der Waals surface area contributed by atoms with Crippen LogP contribution >= 0.6 is 11.8 Å². The van der Waals surface area contributed by atoms with Crippen molar-refractivity contribution in [3.63, 3.8) is 0 Å². The standard InChI is InChI=1S/C22H25FN4OS/c1-2-17-8-5-6-12-26(17)21(28)14-27-20-13-24-11-10-19(20)25-22(27)29-15-16-7-3-4-9-18(16)23/h3-4,7,9-11,13,17H,2,5-6,8,12,14-15H2,1H3/t17-/m1/s1. The van der Waals surface area contributed by atoms with Crippen molar-refractivity contribution in [3.05, 3.63) is 54.1 Å². The number of piperidine rings is 1. The molecule has 4 rings (SSSR count). The normalized spacial score (nSPS) is 17.0. The molecule has 29 heavy (non-hydrogen) atoms. The number of likely N-dealkylation sites (tertiary alicyclic amines) is 1. The van der Waals surface area contributed by atoms with Crippen LogP contribution < -0.4 is 0 Å². The Morgan fingerprint density at radius 1 is 1.28 bits per heavy atom. The number of halogens is 1. The maximum absolute atomic E-state index is 14.0. The van der Waals surface area contributed by atoms with E-state index in [1.807, 2.05) is 21.6 Å². The number of carbonyl (C=O) groups excluding carboxylic acids is 1. The zero-order valence-electron chi connectivity index (χ0n) is 16.6. The van der Waals surface area contributed by atoms with Crippen molar-refractivity contribution in [2.24, 2.45) is 0 Å². The van der Waals surface area contributed by atoms with Crippen LogP contribution in [0.2, 0.25) is 0 Å². The third-order valence-electron chi connectivity index (χ3n) is 5.54. The lowest BCUT2D eigenvalue weighted by atomic mass is 10.00. The Morgan fingerprint density at radius 3 is 2.97 bits per heavy atom. The van der Waals surface area contributed by atoms with Gasteiger partial charge < -0.3 is 9.47 Å². The van der Waals surface area contributed by atoms with E-state index in [4.69, 9.17) is 0 Å². The Bertz CT molecular complexity index is 1010. The maximum atomic E-state index is 14.0. The van der Waals surface area contributed by atoms with E-state index in [1.165, 1.54) is 24.2 Å². The highest BCUT2D eigenvalue weighted by molar-refractivity contribution is 7.98. The van der Waals surface area contributed by atoms with Gasteiger partial charge in [0.1, 0.15) is 12.4 Å². The summed E-state index contributed by atoms with van der Waals surface area (Å²) in [5.41, 5.74) is 2.26. The topological polar surface area (TPSA) is 51.0 Å². The molecule has 1 aliphatic heterocycles. The maximum Gasteiger partial charge on any atom is 0.242 e. The molecule has 0 saturated carbocycles. The highest BCUT2D eigenvalue weighted by Crippen LogP contribution is 2.28. The molecule has 152 valence electrons. The smallest absolute Gasteiger partial charge is 0.242 e. The van der Waals surface area contributed by atoms with E-state index >= 15 is 0 Å². The number of imidazole rings is 1. The first-order valence-corrected chi connectivity index (χ1v) is 11.1. The van der Waals surface area contributed by atoms with Gasteiger partial charge in [0.15, 0.2) is 5.16 Å². The average Bonchev–Trinajstić information content (AvgIpc) is 3.10. The summed E-state index contributed by atoms with van der Waals surface area (Å²) in [7, 11) is 0. The molecule has 0 N–H and O–H groups in total. The molecular weight excluding hydrogens is 387 g/mol. The highest BCUT2D eigenvalue weighted by Gasteiger charge is 2.26. The molecule has 7 heteroatoms. The summed E-state index contributed by atoms with van der Waals surface area (Å²) in [6.07, 6.45) is 7.74. The van der Waals surface area contributed by atoms with Gasteiger partial charge in [-0.25, -0.2) is 9.37 Å². The quantitative estimate of drug-likeness (QED) is 0.553.